The monoisotopic (exact) mass is 235 g/mol. The second kappa shape index (κ2) is 4.22. The zero-order valence-corrected chi connectivity index (χ0v) is 10.8. The Morgan fingerprint density at radius 3 is 1.35 bits per heavy atom. The molecule has 6 fully saturated rings. The Balaban J connectivity index is 1.41. The van der Waals surface area contributed by atoms with Crippen molar-refractivity contribution in [2.24, 2.45) is 11.8 Å². The highest BCUT2D eigenvalue weighted by molar-refractivity contribution is 4.97. The molecular formula is C14H25N3. The van der Waals surface area contributed by atoms with E-state index < -0.39 is 0 Å². The first-order valence-corrected chi connectivity index (χ1v) is 7.59. The van der Waals surface area contributed by atoms with Crippen LogP contribution in [0.2, 0.25) is 0 Å². The third-order valence-corrected chi connectivity index (χ3v) is 5.74. The van der Waals surface area contributed by atoms with Crippen LogP contribution < -0.4 is 5.32 Å². The highest BCUT2D eigenvalue weighted by atomic mass is 15.2. The number of nitrogens with zero attached hydrogens (tertiary/aromatic N) is 2. The van der Waals surface area contributed by atoms with E-state index in [2.05, 4.69) is 15.1 Å². The van der Waals surface area contributed by atoms with Gasteiger partial charge >= 0.3 is 0 Å². The molecule has 1 N–H and O–H groups in total. The lowest BCUT2D eigenvalue weighted by Gasteiger charge is -2.50. The van der Waals surface area contributed by atoms with Gasteiger partial charge in [-0.25, -0.2) is 0 Å². The fraction of sp³-hybridized carbons (Fsp3) is 1.00. The second-order valence-electron chi connectivity index (χ2n) is 6.66. The van der Waals surface area contributed by atoms with Gasteiger partial charge in [0.2, 0.25) is 0 Å². The molecule has 0 radical (unpaired) electrons. The molecule has 0 aliphatic carbocycles. The molecule has 4 bridgehead atoms. The first kappa shape index (κ1) is 10.8. The molecule has 96 valence electrons. The Labute approximate surface area is 105 Å². The molecule has 0 aromatic rings. The van der Waals surface area contributed by atoms with E-state index in [1.807, 2.05) is 0 Å². The fourth-order valence-corrected chi connectivity index (χ4v) is 4.58. The van der Waals surface area contributed by atoms with Gasteiger partial charge in [-0.3, -0.25) is 0 Å². The maximum atomic E-state index is 4.04. The summed E-state index contributed by atoms with van der Waals surface area (Å²) in [6, 6.07) is 1.62. The molecule has 0 spiro atoms. The topological polar surface area (TPSA) is 18.5 Å². The maximum absolute atomic E-state index is 4.04. The molecule has 17 heavy (non-hydrogen) atoms. The summed E-state index contributed by atoms with van der Waals surface area (Å²) >= 11 is 0. The standard InChI is InChI=1S/C14H25N3/c1-5-16-6-2-11(1)13(9-16)15-14-10-17-7-3-12(14)4-8-17/h11-15H,1-10H2/t13-,14-/m0/s1. The van der Waals surface area contributed by atoms with Crippen molar-refractivity contribution in [3.05, 3.63) is 0 Å². The minimum atomic E-state index is 0.808. The van der Waals surface area contributed by atoms with Crippen LogP contribution in [0.3, 0.4) is 0 Å². The first-order valence-electron chi connectivity index (χ1n) is 7.59. The molecule has 6 aliphatic rings. The summed E-state index contributed by atoms with van der Waals surface area (Å²) in [6.45, 7) is 8.11. The smallest absolute Gasteiger partial charge is 0.0227 e. The Morgan fingerprint density at radius 2 is 1.06 bits per heavy atom. The average molecular weight is 235 g/mol. The van der Waals surface area contributed by atoms with Crippen LogP contribution in [0.4, 0.5) is 0 Å². The van der Waals surface area contributed by atoms with E-state index in [-0.39, 0.29) is 0 Å². The zero-order chi connectivity index (χ0) is 11.2. The van der Waals surface area contributed by atoms with Crippen LogP contribution in [0.15, 0.2) is 0 Å². The third kappa shape index (κ3) is 1.92. The highest BCUT2D eigenvalue weighted by Gasteiger charge is 2.39. The maximum Gasteiger partial charge on any atom is 0.0227 e. The molecule has 6 heterocycles. The summed E-state index contributed by atoms with van der Waals surface area (Å²) in [7, 11) is 0. The summed E-state index contributed by atoms with van der Waals surface area (Å²) in [5.74, 6) is 1.96. The Bertz CT molecular complexity index is 249. The number of hydrogen-bond donors (Lipinski definition) is 1. The molecule has 6 aliphatic heterocycles. The van der Waals surface area contributed by atoms with Crippen LogP contribution >= 0.6 is 0 Å². The van der Waals surface area contributed by atoms with E-state index in [1.165, 1.54) is 65.0 Å². The molecule has 0 unspecified atom stereocenters. The van der Waals surface area contributed by atoms with E-state index in [4.69, 9.17) is 0 Å². The number of hydrogen-bond acceptors (Lipinski definition) is 3. The van der Waals surface area contributed by atoms with Gasteiger partial charge in [-0.1, -0.05) is 0 Å². The Kier molecular flexibility index (Phi) is 2.67. The van der Waals surface area contributed by atoms with Gasteiger partial charge in [-0.05, 0) is 63.7 Å². The molecule has 2 atom stereocenters. The van der Waals surface area contributed by atoms with Gasteiger partial charge < -0.3 is 15.1 Å². The largest absolute Gasteiger partial charge is 0.308 e. The van der Waals surface area contributed by atoms with Crippen molar-refractivity contribution >= 4 is 0 Å². The van der Waals surface area contributed by atoms with Gasteiger partial charge in [-0.2, -0.15) is 0 Å². The molecule has 0 amide bonds. The van der Waals surface area contributed by atoms with E-state index in [0.29, 0.717) is 0 Å². The van der Waals surface area contributed by atoms with Crippen LogP contribution in [0, 0.1) is 11.8 Å². The number of piperidine rings is 6. The predicted octanol–water partition coefficient (Wildman–Crippen LogP) is 0.764. The summed E-state index contributed by atoms with van der Waals surface area (Å²) in [6.07, 6.45) is 5.77. The summed E-state index contributed by atoms with van der Waals surface area (Å²) in [5.41, 5.74) is 0. The Hall–Kier alpha value is -0.120. The molecular weight excluding hydrogens is 210 g/mol. The van der Waals surface area contributed by atoms with E-state index >= 15 is 0 Å². The van der Waals surface area contributed by atoms with Crippen LogP contribution in [0.25, 0.3) is 0 Å². The lowest BCUT2D eigenvalue weighted by molar-refractivity contribution is 0.0264. The normalized spacial score (nSPS) is 52.9. The van der Waals surface area contributed by atoms with E-state index in [1.54, 1.807) is 0 Å². The van der Waals surface area contributed by atoms with Crippen molar-refractivity contribution in [1.82, 2.24) is 15.1 Å². The lowest BCUT2D eigenvalue weighted by Crippen LogP contribution is -2.63. The Morgan fingerprint density at radius 1 is 0.647 bits per heavy atom. The third-order valence-electron chi connectivity index (χ3n) is 5.74. The van der Waals surface area contributed by atoms with Gasteiger partial charge in [0.15, 0.2) is 0 Å². The molecule has 6 rings (SSSR count). The fourth-order valence-electron chi connectivity index (χ4n) is 4.58. The molecule has 0 aromatic heterocycles. The van der Waals surface area contributed by atoms with Gasteiger partial charge in [0.05, 0.1) is 0 Å². The van der Waals surface area contributed by atoms with E-state index in [0.717, 1.165) is 23.9 Å². The highest BCUT2D eigenvalue weighted by Crippen LogP contribution is 2.31. The van der Waals surface area contributed by atoms with Crippen molar-refractivity contribution in [2.75, 3.05) is 39.3 Å². The van der Waals surface area contributed by atoms with Gasteiger partial charge in [-0.15, -0.1) is 0 Å². The van der Waals surface area contributed by atoms with Crippen molar-refractivity contribution < 1.29 is 0 Å². The minimum absolute atomic E-state index is 0.808. The summed E-state index contributed by atoms with van der Waals surface area (Å²) in [4.78, 5) is 5.33. The predicted molar refractivity (Wildman–Crippen MR) is 69.0 cm³/mol. The summed E-state index contributed by atoms with van der Waals surface area (Å²) in [5, 5.41) is 4.04. The lowest BCUT2D eigenvalue weighted by atomic mass is 9.80. The quantitative estimate of drug-likeness (QED) is 0.762. The summed E-state index contributed by atoms with van der Waals surface area (Å²) < 4.78 is 0. The van der Waals surface area contributed by atoms with Crippen LogP contribution in [-0.2, 0) is 0 Å². The van der Waals surface area contributed by atoms with Crippen LogP contribution in [0.5, 0.6) is 0 Å². The average Bonchev–Trinajstić information content (AvgIpc) is 2.41. The van der Waals surface area contributed by atoms with Crippen molar-refractivity contribution in [2.45, 2.75) is 37.8 Å². The number of nitrogens with one attached hydrogen (secondary N) is 1. The van der Waals surface area contributed by atoms with Gasteiger partial charge in [0.1, 0.15) is 0 Å². The number of rotatable bonds is 2. The number of fused-ring (bicyclic) bond motifs is 6. The molecule has 0 saturated carbocycles. The second-order valence-corrected chi connectivity index (χ2v) is 6.66. The van der Waals surface area contributed by atoms with Crippen molar-refractivity contribution in [1.29, 1.82) is 0 Å². The van der Waals surface area contributed by atoms with E-state index in [9.17, 15) is 0 Å². The molecule has 3 nitrogen and oxygen atoms in total. The van der Waals surface area contributed by atoms with Crippen molar-refractivity contribution in [3.8, 4) is 0 Å². The minimum Gasteiger partial charge on any atom is -0.308 e. The van der Waals surface area contributed by atoms with Crippen molar-refractivity contribution in [3.63, 3.8) is 0 Å². The molecule has 0 aromatic carbocycles. The molecule has 3 heteroatoms. The SMILES string of the molecule is C1CN2CCC1[C@@H](N[C@H]1CN3CCC1CC3)C2. The first-order chi connectivity index (χ1) is 8.38. The molecule has 6 saturated heterocycles. The van der Waals surface area contributed by atoms with Gasteiger partial charge in [0.25, 0.3) is 0 Å². The van der Waals surface area contributed by atoms with Crippen LogP contribution in [-0.4, -0.2) is 61.2 Å². The zero-order valence-electron chi connectivity index (χ0n) is 10.8. The van der Waals surface area contributed by atoms with Crippen LogP contribution in [0.1, 0.15) is 25.7 Å². The van der Waals surface area contributed by atoms with Gasteiger partial charge in [0, 0.05) is 25.2 Å².